The SMILES string of the molecule is CN=C(NCCS(=O)(=O)N1CCSCC1)NCC(C)(C)OC.I. The second-order valence-electron chi connectivity index (χ2n) is 5.64. The van der Waals surface area contributed by atoms with Crippen molar-refractivity contribution in [2.24, 2.45) is 4.99 Å². The van der Waals surface area contributed by atoms with Gasteiger partial charge >= 0.3 is 0 Å². The minimum Gasteiger partial charge on any atom is -0.377 e. The Morgan fingerprint density at radius 3 is 2.43 bits per heavy atom. The fourth-order valence-electron chi connectivity index (χ4n) is 1.84. The Kier molecular flexibility index (Phi) is 11.1. The van der Waals surface area contributed by atoms with Gasteiger partial charge in [-0.15, -0.1) is 24.0 Å². The van der Waals surface area contributed by atoms with Gasteiger partial charge in [0.05, 0.1) is 11.4 Å². The molecule has 0 radical (unpaired) electrons. The van der Waals surface area contributed by atoms with Gasteiger partial charge in [-0.2, -0.15) is 11.8 Å². The first kappa shape index (κ1) is 23.2. The molecule has 138 valence electrons. The fraction of sp³-hybridized carbons (Fsp3) is 0.923. The highest BCUT2D eigenvalue weighted by Gasteiger charge is 2.23. The molecule has 0 spiro atoms. The minimum absolute atomic E-state index is 0. The first-order valence-corrected chi connectivity index (χ1v) is 10.1. The van der Waals surface area contributed by atoms with Crippen molar-refractivity contribution in [3.63, 3.8) is 0 Å². The monoisotopic (exact) mass is 480 g/mol. The van der Waals surface area contributed by atoms with Crippen LogP contribution in [0.4, 0.5) is 0 Å². The molecule has 0 aromatic heterocycles. The highest BCUT2D eigenvalue weighted by molar-refractivity contribution is 14.0. The number of guanidine groups is 1. The Morgan fingerprint density at radius 1 is 1.30 bits per heavy atom. The van der Waals surface area contributed by atoms with Crippen LogP contribution in [0.5, 0.6) is 0 Å². The molecule has 0 aromatic rings. The zero-order valence-corrected chi connectivity index (χ0v) is 18.3. The van der Waals surface area contributed by atoms with Crippen molar-refractivity contribution in [2.45, 2.75) is 19.4 Å². The first-order chi connectivity index (χ1) is 10.3. The van der Waals surface area contributed by atoms with Gasteiger partial charge in [-0.25, -0.2) is 12.7 Å². The molecule has 2 N–H and O–H groups in total. The number of halogens is 1. The van der Waals surface area contributed by atoms with Gasteiger partial charge in [0, 0.05) is 51.8 Å². The highest BCUT2D eigenvalue weighted by atomic mass is 127. The van der Waals surface area contributed by atoms with Crippen LogP contribution in [0.2, 0.25) is 0 Å². The van der Waals surface area contributed by atoms with Crippen LogP contribution in [0.3, 0.4) is 0 Å². The molecule has 7 nitrogen and oxygen atoms in total. The van der Waals surface area contributed by atoms with Crippen LogP contribution in [-0.2, 0) is 14.8 Å². The van der Waals surface area contributed by atoms with E-state index in [-0.39, 0.29) is 35.3 Å². The molecular formula is C13H29IN4O3S2. The summed E-state index contributed by atoms with van der Waals surface area (Å²) in [6.45, 7) is 6.07. The Hall–Kier alpha value is 0.220. The predicted octanol–water partition coefficient (Wildman–Crippen LogP) is 0.573. The van der Waals surface area contributed by atoms with Crippen LogP contribution < -0.4 is 10.6 Å². The number of hydrogen-bond donors (Lipinski definition) is 2. The van der Waals surface area contributed by atoms with E-state index in [0.29, 0.717) is 32.1 Å². The lowest BCUT2D eigenvalue weighted by atomic mass is 10.1. The lowest BCUT2D eigenvalue weighted by Gasteiger charge is -2.26. The number of rotatable bonds is 7. The summed E-state index contributed by atoms with van der Waals surface area (Å²) in [4.78, 5) is 4.08. The van der Waals surface area contributed by atoms with Crippen molar-refractivity contribution >= 4 is 51.7 Å². The van der Waals surface area contributed by atoms with Crippen molar-refractivity contribution in [3.8, 4) is 0 Å². The molecule has 1 aliphatic rings. The lowest BCUT2D eigenvalue weighted by molar-refractivity contribution is 0.0268. The normalized spacial score (nSPS) is 17.5. The van der Waals surface area contributed by atoms with E-state index in [2.05, 4.69) is 15.6 Å². The second kappa shape index (κ2) is 11.0. The maximum Gasteiger partial charge on any atom is 0.215 e. The number of methoxy groups -OCH3 is 1. The Morgan fingerprint density at radius 2 is 1.91 bits per heavy atom. The molecule has 0 bridgehead atoms. The van der Waals surface area contributed by atoms with Crippen molar-refractivity contribution in [1.29, 1.82) is 0 Å². The number of ether oxygens (including phenoxy) is 1. The van der Waals surface area contributed by atoms with E-state index >= 15 is 0 Å². The van der Waals surface area contributed by atoms with Crippen LogP contribution >= 0.6 is 35.7 Å². The number of nitrogens with one attached hydrogen (secondary N) is 2. The maximum absolute atomic E-state index is 12.2. The third-order valence-corrected chi connectivity index (χ3v) is 6.29. The molecule has 23 heavy (non-hydrogen) atoms. The topological polar surface area (TPSA) is 83.0 Å². The summed E-state index contributed by atoms with van der Waals surface area (Å²) in [5.41, 5.74) is -0.310. The number of hydrogen-bond acceptors (Lipinski definition) is 5. The maximum atomic E-state index is 12.2. The number of nitrogens with zero attached hydrogens (tertiary/aromatic N) is 2. The summed E-state index contributed by atoms with van der Waals surface area (Å²) in [5, 5.41) is 6.16. The zero-order valence-electron chi connectivity index (χ0n) is 14.3. The van der Waals surface area contributed by atoms with Crippen LogP contribution in [0, 0.1) is 0 Å². The molecule has 0 atom stereocenters. The third kappa shape index (κ3) is 8.75. The summed E-state index contributed by atoms with van der Waals surface area (Å²) in [7, 11) is 0.127. The summed E-state index contributed by atoms with van der Waals surface area (Å²) in [6, 6.07) is 0. The third-order valence-electron chi connectivity index (χ3n) is 3.47. The molecule has 0 amide bonds. The quantitative estimate of drug-likeness (QED) is 0.315. The van der Waals surface area contributed by atoms with Crippen LogP contribution in [0.1, 0.15) is 13.8 Å². The van der Waals surface area contributed by atoms with E-state index < -0.39 is 10.0 Å². The van der Waals surface area contributed by atoms with E-state index in [0.717, 1.165) is 11.5 Å². The van der Waals surface area contributed by atoms with Crippen molar-refractivity contribution in [2.75, 3.05) is 57.6 Å². The smallest absolute Gasteiger partial charge is 0.215 e. The second-order valence-corrected chi connectivity index (χ2v) is 8.96. The average molecular weight is 480 g/mol. The average Bonchev–Trinajstić information content (AvgIpc) is 2.51. The van der Waals surface area contributed by atoms with Gasteiger partial charge < -0.3 is 15.4 Å². The fourth-order valence-corrected chi connectivity index (χ4v) is 4.33. The van der Waals surface area contributed by atoms with Crippen molar-refractivity contribution in [1.82, 2.24) is 14.9 Å². The van der Waals surface area contributed by atoms with Gasteiger partial charge in [0.2, 0.25) is 10.0 Å². The van der Waals surface area contributed by atoms with E-state index in [4.69, 9.17) is 4.74 Å². The van der Waals surface area contributed by atoms with Crippen LogP contribution in [-0.4, -0.2) is 81.9 Å². The number of aliphatic imine (C=N–C) groups is 1. The molecule has 1 heterocycles. The van der Waals surface area contributed by atoms with Crippen molar-refractivity contribution in [3.05, 3.63) is 0 Å². The minimum atomic E-state index is -3.19. The zero-order chi connectivity index (χ0) is 16.6. The molecule has 0 aliphatic carbocycles. The first-order valence-electron chi connectivity index (χ1n) is 7.36. The molecule has 1 aliphatic heterocycles. The van der Waals surface area contributed by atoms with E-state index in [9.17, 15) is 8.42 Å². The highest BCUT2D eigenvalue weighted by Crippen LogP contribution is 2.13. The molecule has 1 saturated heterocycles. The van der Waals surface area contributed by atoms with Gasteiger partial charge in [-0.1, -0.05) is 0 Å². The number of sulfonamides is 1. The van der Waals surface area contributed by atoms with Gasteiger partial charge in [-0.3, -0.25) is 4.99 Å². The van der Waals surface area contributed by atoms with Gasteiger partial charge in [0.1, 0.15) is 0 Å². The summed E-state index contributed by atoms with van der Waals surface area (Å²) in [5.74, 6) is 2.41. The van der Waals surface area contributed by atoms with E-state index in [1.54, 1.807) is 30.2 Å². The Bertz CT molecular complexity index is 466. The van der Waals surface area contributed by atoms with Crippen LogP contribution in [0.25, 0.3) is 0 Å². The van der Waals surface area contributed by atoms with Crippen molar-refractivity contribution < 1.29 is 13.2 Å². The van der Waals surface area contributed by atoms with E-state index in [1.807, 2.05) is 13.8 Å². The van der Waals surface area contributed by atoms with Gasteiger partial charge in [0.15, 0.2) is 5.96 Å². The molecular weight excluding hydrogens is 451 g/mol. The predicted molar refractivity (Wildman–Crippen MR) is 109 cm³/mol. The lowest BCUT2D eigenvalue weighted by Crippen LogP contribution is -2.47. The summed E-state index contributed by atoms with van der Waals surface area (Å²) >= 11 is 1.80. The Balaban J connectivity index is 0.00000484. The standard InChI is InChI=1S/C13H28N4O3S2.HI/c1-13(2,20-4)11-16-12(14-3)15-5-10-22(18,19)17-6-8-21-9-7-17;/h5-11H2,1-4H3,(H2,14,15,16);1H. The molecule has 0 saturated carbocycles. The van der Waals surface area contributed by atoms with Gasteiger partial charge in [-0.05, 0) is 13.8 Å². The molecule has 0 unspecified atom stereocenters. The molecule has 10 heteroatoms. The van der Waals surface area contributed by atoms with Gasteiger partial charge in [0.25, 0.3) is 0 Å². The molecule has 0 aromatic carbocycles. The number of thioether (sulfide) groups is 1. The largest absolute Gasteiger partial charge is 0.377 e. The Labute approximate surface area is 161 Å². The summed E-state index contributed by atoms with van der Waals surface area (Å²) < 4.78 is 31.3. The van der Waals surface area contributed by atoms with E-state index in [1.165, 1.54) is 0 Å². The molecule has 1 fully saturated rings. The van der Waals surface area contributed by atoms with Crippen LogP contribution in [0.15, 0.2) is 4.99 Å². The summed E-state index contributed by atoms with van der Waals surface area (Å²) in [6.07, 6.45) is 0. The molecule has 1 rings (SSSR count).